The van der Waals surface area contributed by atoms with Crippen LogP contribution in [-0.4, -0.2) is 30.9 Å². The van der Waals surface area contributed by atoms with E-state index in [1.807, 2.05) is 41.8 Å². The van der Waals surface area contributed by atoms with Gasteiger partial charge in [-0.1, -0.05) is 43.8 Å². The van der Waals surface area contributed by atoms with Gasteiger partial charge in [-0.2, -0.15) is 0 Å². The number of thiazole rings is 1. The Morgan fingerprint density at radius 3 is 1.50 bits per heavy atom. The molecule has 0 unspecified atom stereocenters. The summed E-state index contributed by atoms with van der Waals surface area (Å²) in [6, 6.07) is 12.0. The average molecular weight is 271 g/mol. The second-order valence-electron chi connectivity index (χ2n) is 2.55. The predicted octanol–water partition coefficient (Wildman–Crippen LogP) is 3.73. The molecule has 1 aromatic carbocycles. The van der Waals surface area contributed by atoms with Crippen LogP contribution in [0.1, 0.15) is 14.4 Å². The van der Waals surface area contributed by atoms with Crippen LogP contribution in [0.5, 0.6) is 0 Å². The van der Waals surface area contributed by atoms with Crippen LogP contribution < -0.4 is 0 Å². The van der Waals surface area contributed by atoms with Gasteiger partial charge in [-0.05, 0) is 6.92 Å². The van der Waals surface area contributed by atoms with Crippen LogP contribution in [-0.2, 0) is 4.74 Å². The third-order valence-corrected chi connectivity index (χ3v) is 1.54. The molecule has 0 saturated heterocycles. The Balaban J connectivity index is -0.000000173. The van der Waals surface area contributed by atoms with Crippen molar-refractivity contribution in [2.24, 2.45) is 0 Å². The van der Waals surface area contributed by atoms with Crippen molar-refractivity contribution in [3.8, 4) is 0 Å². The van der Waals surface area contributed by atoms with Gasteiger partial charge < -0.3 is 9.84 Å². The smallest absolute Gasteiger partial charge is 0.0791 e. The van der Waals surface area contributed by atoms with Gasteiger partial charge in [-0.3, -0.25) is 4.98 Å². The maximum atomic E-state index is 7.57. The Morgan fingerprint density at radius 1 is 1.06 bits per heavy atom. The zero-order valence-electron chi connectivity index (χ0n) is 10.6. The van der Waals surface area contributed by atoms with Crippen LogP contribution in [0.3, 0.4) is 0 Å². The summed E-state index contributed by atoms with van der Waals surface area (Å²) < 4.78 is 4.25. The number of aromatic nitrogens is 1. The highest BCUT2D eigenvalue weighted by molar-refractivity contribution is 7.07. The van der Waals surface area contributed by atoms with E-state index in [0.29, 0.717) is 0 Å². The van der Waals surface area contributed by atoms with Crippen molar-refractivity contribution < 1.29 is 9.84 Å². The fourth-order valence-corrected chi connectivity index (χ4v) is 0.912. The average Bonchev–Trinajstić information content (AvgIpc) is 2.92. The van der Waals surface area contributed by atoms with Crippen molar-refractivity contribution in [3.05, 3.63) is 53.5 Å². The Bertz CT molecular complexity index is 229. The highest BCUT2D eigenvalue weighted by Gasteiger charge is 1.59. The number of aliphatic hydroxyl groups is 1. The SMILES string of the molecule is C.CCO.COC.c1ccccc1.c1cscn1. The molecule has 104 valence electrons. The summed E-state index contributed by atoms with van der Waals surface area (Å²) in [5.41, 5.74) is 1.79. The molecule has 0 atom stereocenters. The van der Waals surface area contributed by atoms with Crippen LogP contribution >= 0.6 is 11.3 Å². The quantitative estimate of drug-likeness (QED) is 0.794. The van der Waals surface area contributed by atoms with Gasteiger partial charge in [0.1, 0.15) is 0 Å². The van der Waals surface area contributed by atoms with Gasteiger partial charge in [0.15, 0.2) is 0 Å². The van der Waals surface area contributed by atoms with Gasteiger partial charge in [0, 0.05) is 32.4 Å². The lowest BCUT2D eigenvalue weighted by Gasteiger charge is -1.69. The van der Waals surface area contributed by atoms with Gasteiger partial charge in [-0.15, -0.1) is 11.3 Å². The summed E-state index contributed by atoms with van der Waals surface area (Å²) >= 11 is 1.60. The molecule has 0 aliphatic rings. The molecule has 0 spiro atoms. The lowest BCUT2D eigenvalue weighted by atomic mass is 10.4. The minimum atomic E-state index is 0. The fraction of sp³-hybridized carbons (Fsp3) is 0.357. The molecule has 2 aromatic rings. The summed E-state index contributed by atoms with van der Waals surface area (Å²) in [5.74, 6) is 0. The zero-order valence-corrected chi connectivity index (χ0v) is 11.4. The molecule has 0 amide bonds. The molecule has 4 heteroatoms. The normalized spacial score (nSPS) is 6.89. The third kappa shape index (κ3) is 29.3. The topological polar surface area (TPSA) is 42.4 Å². The third-order valence-electron chi connectivity index (χ3n) is 1.01. The number of benzene rings is 1. The molecule has 0 saturated carbocycles. The van der Waals surface area contributed by atoms with Crippen LogP contribution in [0.25, 0.3) is 0 Å². The maximum absolute atomic E-state index is 7.57. The van der Waals surface area contributed by atoms with Crippen LogP contribution in [0.4, 0.5) is 0 Å². The molecule has 3 nitrogen and oxygen atoms in total. The number of hydrogen-bond acceptors (Lipinski definition) is 4. The van der Waals surface area contributed by atoms with Crippen LogP contribution in [0.2, 0.25) is 0 Å². The molecule has 0 radical (unpaired) electrons. The molecule has 1 heterocycles. The highest BCUT2D eigenvalue weighted by Crippen LogP contribution is 1.85. The Hall–Kier alpha value is -1.23. The van der Waals surface area contributed by atoms with E-state index in [0.717, 1.165) is 0 Å². The lowest BCUT2D eigenvalue weighted by Crippen LogP contribution is -1.57. The minimum absolute atomic E-state index is 0. The summed E-state index contributed by atoms with van der Waals surface area (Å²) in [4.78, 5) is 3.74. The molecule has 0 aliphatic carbocycles. The van der Waals surface area contributed by atoms with Crippen molar-refractivity contribution in [3.63, 3.8) is 0 Å². The van der Waals surface area contributed by atoms with E-state index in [-0.39, 0.29) is 14.0 Å². The Labute approximate surface area is 115 Å². The van der Waals surface area contributed by atoms with Gasteiger partial charge in [0.2, 0.25) is 0 Å². The summed E-state index contributed by atoms with van der Waals surface area (Å²) in [6.45, 7) is 1.93. The van der Waals surface area contributed by atoms with Crippen molar-refractivity contribution >= 4 is 11.3 Å². The second-order valence-corrected chi connectivity index (χ2v) is 3.31. The van der Waals surface area contributed by atoms with E-state index in [1.54, 1.807) is 44.2 Å². The second kappa shape index (κ2) is 24.8. The van der Waals surface area contributed by atoms with E-state index in [4.69, 9.17) is 5.11 Å². The minimum Gasteiger partial charge on any atom is -0.397 e. The molecule has 0 bridgehead atoms. The largest absolute Gasteiger partial charge is 0.397 e. The number of rotatable bonds is 0. The number of aliphatic hydroxyl groups excluding tert-OH is 1. The number of hydrogen-bond donors (Lipinski definition) is 1. The van der Waals surface area contributed by atoms with Gasteiger partial charge >= 0.3 is 0 Å². The Morgan fingerprint density at radius 2 is 1.39 bits per heavy atom. The molecular formula is C14H25NO2S. The van der Waals surface area contributed by atoms with E-state index >= 15 is 0 Å². The lowest BCUT2D eigenvalue weighted by molar-refractivity contribution is 0.277. The first-order chi connectivity index (χ1) is 8.33. The molecular weight excluding hydrogens is 246 g/mol. The molecule has 1 N–H and O–H groups in total. The van der Waals surface area contributed by atoms with E-state index in [1.165, 1.54) is 0 Å². The Kier molecular flexibility index (Phi) is 30.3. The zero-order chi connectivity index (χ0) is 13.2. The molecule has 0 fully saturated rings. The molecule has 0 aliphatic heterocycles. The van der Waals surface area contributed by atoms with E-state index in [2.05, 4.69) is 9.72 Å². The van der Waals surface area contributed by atoms with Gasteiger partial charge in [0.25, 0.3) is 0 Å². The highest BCUT2D eigenvalue weighted by atomic mass is 32.1. The van der Waals surface area contributed by atoms with Crippen molar-refractivity contribution in [2.45, 2.75) is 14.4 Å². The number of methoxy groups -OCH3 is 1. The predicted molar refractivity (Wildman–Crippen MR) is 81.0 cm³/mol. The summed E-state index contributed by atoms with van der Waals surface area (Å²) in [7, 11) is 3.25. The van der Waals surface area contributed by atoms with Gasteiger partial charge in [0.05, 0.1) is 5.51 Å². The number of ether oxygens (including phenoxy) is 1. The van der Waals surface area contributed by atoms with E-state index in [9.17, 15) is 0 Å². The van der Waals surface area contributed by atoms with Gasteiger partial charge in [-0.25, -0.2) is 0 Å². The van der Waals surface area contributed by atoms with Crippen LogP contribution in [0, 0.1) is 0 Å². The number of nitrogens with zero attached hydrogens (tertiary/aromatic N) is 1. The van der Waals surface area contributed by atoms with Crippen molar-refractivity contribution in [1.29, 1.82) is 0 Å². The van der Waals surface area contributed by atoms with E-state index < -0.39 is 0 Å². The van der Waals surface area contributed by atoms with Crippen molar-refractivity contribution in [2.75, 3.05) is 20.8 Å². The van der Waals surface area contributed by atoms with Crippen molar-refractivity contribution in [1.82, 2.24) is 4.98 Å². The fourth-order valence-electron chi connectivity index (χ4n) is 0.561. The molecule has 18 heavy (non-hydrogen) atoms. The summed E-state index contributed by atoms with van der Waals surface area (Å²) in [5, 5.41) is 9.50. The van der Waals surface area contributed by atoms with Crippen LogP contribution in [0.15, 0.2) is 53.5 Å². The first-order valence-corrected chi connectivity index (χ1v) is 6.10. The monoisotopic (exact) mass is 271 g/mol. The summed E-state index contributed by atoms with van der Waals surface area (Å²) in [6.07, 6.45) is 1.77. The molecule has 1 aromatic heterocycles. The molecule has 2 rings (SSSR count). The first-order valence-electron chi connectivity index (χ1n) is 5.16. The maximum Gasteiger partial charge on any atom is 0.0791 e. The standard InChI is InChI=1S/C6H6.C3H3NS.2C2H6O.CH4/c1-2-4-6-5-3-1;1-2-5-3-4-1;1-3-2;1-2-3;/h1-6H;1-3H;1-2H3;3H,2H2,1H3;1H4. The first kappa shape index (κ1) is 22.0.